The van der Waals surface area contributed by atoms with Gasteiger partial charge in [-0.25, -0.2) is 4.85 Å². The Hall–Kier alpha value is -3.27. The number of hydrogen-bond donors (Lipinski definition) is 1. The molecule has 3 aromatic heterocycles. The number of carbonyl (C=O) groups is 1. The number of pyridine rings is 1. The average molecular weight is 607 g/mol. The molecule has 0 saturated heterocycles. The molecule has 7 nitrogen and oxygen atoms in total. The maximum Gasteiger partial charge on any atom is 0.187 e. The molecule has 1 radical (unpaired) electrons. The molecule has 0 saturated carbocycles. The Morgan fingerprint density at radius 3 is 2.59 bits per heavy atom. The Morgan fingerprint density at radius 1 is 1.25 bits per heavy atom. The van der Waals surface area contributed by atoms with E-state index in [4.69, 9.17) is 11.7 Å². The molecule has 0 amide bonds. The number of fused-ring (bicyclic) bond motifs is 3. The maximum atomic E-state index is 10.0. The third kappa shape index (κ3) is 5.70. The fourth-order valence-corrected chi connectivity index (χ4v) is 3.38. The van der Waals surface area contributed by atoms with Crippen LogP contribution in [0.1, 0.15) is 33.4 Å². The Morgan fingerprint density at radius 2 is 2.00 bits per heavy atom. The van der Waals surface area contributed by atoms with Crippen molar-refractivity contribution in [2.45, 2.75) is 34.1 Å². The number of aromatic nitrogens is 4. The van der Waals surface area contributed by atoms with Crippen LogP contribution in [0.2, 0.25) is 0 Å². The zero-order chi connectivity index (χ0) is 22.5. The first-order valence-corrected chi connectivity index (χ1v) is 9.94. The number of nitrogens with zero attached hydrogens (tertiary/aromatic N) is 5. The SMILES string of the molecule is CC(=O)/C=C(/C)O.[C-]#[N+]c1ccc2c(c1)c1cccnc1n2-c1cc(CC(C)C)n[n-]1.[Ir]. The van der Waals surface area contributed by atoms with Gasteiger partial charge < -0.3 is 14.8 Å². The molecule has 167 valence electrons. The van der Waals surface area contributed by atoms with E-state index in [9.17, 15) is 4.79 Å². The van der Waals surface area contributed by atoms with Gasteiger partial charge in [0.05, 0.1) is 18.0 Å². The molecule has 1 aromatic carbocycles. The molecule has 1 N–H and O–H groups in total. The first-order valence-electron chi connectivity index (χ1n) is 9.94. The first-order chi connectivity index (χ1) is 14.8. The largest absolute Gasteiger partial charge is 0.512 e. The third-order valence-electron chi connectivity index (χ3n) is 4.47. The zero-order valence-corrected chi connectivity index (χ0v) is 20.7. The molecule has 4 aromatic rings. The van der Waals surface area contributed by atoms with Gasteiger partial charge in [-0.3, -0.25) is 14.9 Å². The predicted molar refractivity (Wildman–Crippen MR) is 122 cm³/mol. The molecule has 0 spiro atoms. The summed E-state index contributed by atoms with van der Waals surface area (Å²) >= 11 is 0. The second-order valence-electron chi connectivity index (χ2n) is 7.71. The number of rotatable bonds is 4. The molecule has 0 aliphatic heterocycles. The summed E-state index contributed by atoms with van der Waals surface area (Å²) in [5, 5.41) is 19.1. The van der Waals surface area contributed by atoms with E-state index < -0.39 is 0 Å². The van der Waals surface area contributed by atoms with Crippen molar-refractivity contribution in [3.05, 3.63) is 71.5 Å². The van der Waals surface area contributed by atoms with Crippen LogP contribution in [0.3, 0.4) is 0 Å². The minimum atomic E-state index is -0.125. The summed E-state index contributed by atoms with van der Waals surface area (Å²) in [4.78, 5) is 18.1. The smallest absolute Gasteiger partial charge is 0.187 e. The van der Waals surface area contributed by atoms with Crippen LogP contribution in [0.15, 0.2) is 54.4 Å². The second-order valence-corrected chi connectivity index (χ2v) is 7.71. The first kappa shape index (κ1) is 25.0. The molecule has 8 heteroatoms. The summed E-state index contributed by atoms with van der Waals surface area (Å²) < 4.78 is 2.02. The minimum absolute atomic E-state index is 0. The van der Waals surface area contributed by atoms with Gasteiger partial charge in [-0.05, 0) is 61.1 Å². The van der Waals surface area contributed by atoms with Gasteiger partial charge in [0.1, 0.15) is 0 Å². The molecule has 32 heavy (non-hydrogen) atoms. The van der Waals surface area contributed by atoms with E-state index >= 15 is 0 Å². The number of ketones is 1. The summed E-state index contributed by atoms with van der Waals surface area (Å²) in [5.41, 5.74) is 3.45. The quantitative estimate of drug-likeness (QED) is 0.193. The van der Waals surface area contributed by atoms with Crippen molar-refractivity contribution in [1.29, 1.82) is 0 Å². The van der Waals surface area contributed by atoms with E-state index in [0.29, 0.717) is 11.6 Å². The third-order valence-corrected chi connectivity index (χ3v) is 4.47. The van der Waals surface area contributed by atoms with Gasteiger partial charge in [0.25, 0.3) is 0 Å². The zero-order valence-electron chi connectivity index (χ0n) is 18.3. The van der Waals surface area contributed by atoms with Crippen LogP contribution in [-0.4, -0.2) is 25.5 Å². The number of aliphatic hydroxyl groups excluding tert-OH is 1. The van der Waals surface area contributed by atoms with E-state index in [0.717, 1.165) is 39.9 Å². The van der Waals surface area contributed by atoms with Crippen molar-refractivity contribution in [3.8, 4) is 5.82 Å². The van der Waals surface area contributed by atoms with Crippen molar-refractivity contribution < 1.29 is 30.0 Å². The molecule has 0 atom stereocenters. The molecule has 3 heterocycles. The van der Waals surface area contributed by atoms with Crippen LogP contribution in [0.5, 0.6) is 0 Å². The Bertz CT molecular complexity index is 1310. The maximum absolute atomic E-state index is 10.0. The number of allylic oxidation sites excluding steroid dienone is 2. The van der Waals surface area contributed by atoms with Gasteiger partial charge in [-0.2, -0.15) is 0 Å². The molecule has 0 aliphatic rings. The van der Waals surface area contributed by atoms with Gasteiger partial charge >= 0.3 is 0 Å². The fourth-order valence-electron chi connectivity index (χ4n) is 3.38. The topological polar surface area (TPSA) is 86.5 Å². The van der Waals surface area contributed by atoms with Crippen molar-refractivity contribution in [1.82, 2.24) is 19.7 Å². The second kappa shape index (κ2) is 10.9. The van der Waals surface area contributed by atoms with Crippen molar-refractivity contribution >= 4 is 33.4 Å². The normalized spacial score (nSPS) is 11.1. The van der Waals surface area contributed by atoms with E-state index in [1.165, 1.54) is 19.9 Å². The molecule has 0 fully saturated rings. The van der Waals surface area contributed by atoms with E-state index in [1.807, 2.05) is 41.0 Å². The summed E-state index contributed by atoms with van der Waals surface area (Å²) in [6.07, 6.45) is 3.85. The molecule has 0 unspecified atom stereocenters. The van der Waals surface area contributed by atoms with Crippen LogP contribution in [0.4, 0.5) is 5.69 Å². The van der Waals surface area contributed by atoms with E-state index in [1.54, 1.807) is 6.20 Å². The summed E-state index contributed by atoms with van der Waals surface area (Å²) in [6.45, 7) is 14.4. The summed E-state index contributed by atoms with van der Waals surface area (Å²) in [5.74, 6) is 1.25. The standard InChI is InChI=1S/C19H16N5.C5H8O2.Ir/c1-12(2)9-14-11-18(23-22-14)24-17-7-6-13(20-3)10-16(17)15-5-4-8-21-19(15)24;1-4(6)3-5(2)7;/h4-8,10-12H,9H2,1-2H3;3,6H,1-2H3;/q-1;;/b;4-3-;. The summed E-state index contributed by atoms with van der Waals surface area (Å²) in [7, 11) is 0. The van der Waals surface area contributed by atoms with Gasteiger partial charge in [-0.15, -0.1) is 0 Å². The van der Waals surface area contributed by atoms with Gasteiger partial charge in [0.2, 0.25) is 0 Å². The van der Waals surface area contributed by atoms with E-state index in [2.05, 4.69) is 33.9 Å². The summed E-state index contributed by atoms with van der Waals surface area (Å²) in [6, 6.07) is 11.7. The van der Waals surface area contributed by atoms with Crippen LogP contribution in [0.25, 0.3) is 32.6 Å². The van der Waals surface area contributed by atoms with Gasteiger partial charge in [0.15, 0.2) is 11.5 Å². The molecular formula is C24H24IrN5O2-. The molecule has 0 bridgehead atoms. The van der Waals surface area contributed by atoms with Crippen molar-refractivity contribution in [2.24, 2.45) is 5.92 Å². The van der Waals surface area contributed by atoms with Crippen molar-refractivity contribution in [3.63, 3.8) is 0 Å². The molecular weight excluding hydrogens is 583 g/mol. The fraction of sp³-hybridized carbons (Fsp3) is 0.250. The number of benzene rings is 1. The molecule has 4 rings (SSSR count). The van der Waals surface area contributed by atoms with Crippen LogP contribution in [-0.2, 0) is 31.3 Å². The molecule has 0 aliphatic carbocycles. The van der Waals surface area contributed by atoms with Gasteiger partial charge in [0, 0.05) is 43.5 Å². The van der Waals surface area contributed by atoms with Crippen molar-refractivity contribution in [2.75, 3.05) is 0 Å². The van der Waals surface area contributed by atoms with Crippen LogP contribution < -0.4 is 5.10 Å². The Kier molecular flexibility index (Phi) is 8.48. The number of hydrogen-bond acceptors (Lipinski definition) is 4. The van der Waals surface area contributed by atoms with Crippen LogP contribution >= 0.6 is 0 Å². The Balaban J connectivity index is 0.000000398. The number of aliphatic hydroxyl groups is 1. The minimum Gasteiger partial charge on any atom is -0.512 e. The monoisotopic (exact) mass is 607 g/mol. The Labute approximate surface area is 200 Å². The van der Waals surface area contributed by atoms with Gasteiger partial charge in [-0.1, -0.05) is 32.0 Å². The number of carbonyl (C=O) groups excluding carboxylic acids is 1. The average Bonchev–Trinajstić information content (AvgIpc) is 3.28. The van der Waals surface area contributed by atoms with Crippen LogP contribution in [0, 0.1) is 12.5 Å². The van der Waals surface area contributed by atoms with E-state index in [-0.39, 0.29) is 31.6 Å². The predicted octanol–water partition coefficient (Wildman–Crippen LogP) is 5.31.